The maximum absolute atomic E-state index is 11.4. The van der Waals surface area contributed by atoms with E-state index in [1.807, 2.05) is 12.1 Å². The van der Waals surface area contributed by atoms with Crippen molar-refractivity contribution in [3.05, 3.63) is 64.1 Å². The number of nitrogens with one attached hydrogen (secondary N) is 1. The van der Waals surface area contributed by atoms with Crippen molar-refractivity contribution in [2.75, 3.05) is 31.1 Å². The number of carbonyl (C=O) groups excluding carboxylic acids is 1. The number of hydrogen-bond donors (Lipinski definition) is 1. The normalized spacial score (nSPS) is 15.7. The van der Waals surface area contributed by atoms with Gasteiger partial charge in [-0.1, -0.05) is 28.1 Å². The highest BCUT2D eigenvalue weighted by molar-refractivity contribution is 9.10. The van der Waals surface area contributed by atoms with Crippen LogP contribution < -0.4 is 9.80 Å². The molecule has 0 unspecified atom stereocenters. The van der Waals surface area contributed by atoms with Crippen LogP contribution >= 0.6 is 15.9 Å². The Morgan fingerprint density at radius 2 is 1.83 bits per heavy atom. The van der Waals surface area contributed by atoms with Gasteiger partial charge in [0.05, 0.1) is 26.2 Å². The number of hydrogen-bond acceptors (Lipinski definition) is 2. The topological polar surface area (TPSA) is 24.8 Å². The van der Waals surface area contributed by atoms with Gasteiger partial charge in [0.25, 0.3) is 0 Å². The van der Waals surface area contributed by atoms with E-state index in [0.29, 0.717) is 0 Å². The largest absolute Gasteiger partial charge is 0.360 e. The molecule has 23 heavy (non-hydrogen) atoms. The molecule has 0 bridgehead atoms. The van der Waals surface area contributed by atoms with E-state index in [0.717, 1.165) is 42.8 Å². The first-order valence-electron chi connectivity index (χ1n) is 8.06. The highest BCUT2D eigenvalue weighted by atomic mass is 79.9. The summed E-state index contributed by atoms with van der Waals surface area (Å²) in [5.74, 6) is 0.125. The molecular formula is C19H22BrN2O+. The van der Waals surface area contributed by atoms with Crippen LogP contribution in [0.3, 0.4) is 0 Å². The zero-order chi connectivity index (χ0) is 16.2. The fraction of sp³-hybridized carbons (Fsp3) is 0.316. The predicted molar refractivity (Wildman–Crippen MR) is 97.2 cm³/mol. The summed E-state index contributed by atoms with van der Waals surface area (Å²) in [4.78, 5) is 15.4. The van der Waals surface area contributed by atoms with Crippen LogP contribution in [-0.2, 0) is 6.54 Å². The fourth-order valence-electron chi connectivity index (χ4n) is 3.10. The minimum absolute atomic E-state index is 0.125. The SMILES string of the molecule is CC(=O)c1ccc(N2CC[NH+](Cc3cccc(Br)c3)CC2)cc1. The minimum Gasteiger partial charge on any atom is -0.360 e. The van der Waals surface area contributed by atoms with Crippen molar-refractivity contribution < 1.29 is 9.69 Å². The average Bonchev–Trinajstić information content (AvgIpc) is 2.56. The van der Waals surface area contributed by atoms with E-state index in [1.54, 1.807) is 11.8 Å². The van der Waals surface area contributed by atoms with Crippen LogP contribution in [0.25, 0.3) is 0 Å². The predicted octanol–water partition coefficient (Wildman–Crippen LogP) is 2.56. The van der Waals surface area contributed by atoms with Crippen molar-refractivity contribution in [3.63, 3.8) is 0 Å². The molecule has 4 heteroatoms. The van der Waals surface area contributed by atoms with Gasteiger partial charge in [0.2, 0.25) is 0 Å². The molecule has 1 aliphatic rings. The highest BCUT2D eigenvalue weighted by Crippen LogP contribution is 2.16. The molecule has 1 heterocycles. The zero-order valence-corrected chi connectivity index (χ0v) is 15.0. The molecule has 3 nitrogen and oxygen atoms in total. The number of rotatable bonds is 4. The lowest BCUT2D eigenvalue weighted by molar-refractivity contribution is -0.914. The van der Waals surface area contributed by atoms with Crippen LogP contribution in [0.4, 0.5) is 5.69 Å². The lowest BCUT2D eigenvalue weighted by Crippen LogP contribution is -3.13. The van der Waals surface area contributed by atoms with E-state index in [4.69, 9.17) is 0 Å². The van der Waals surface area contributed by atoms with Gasteiger partial charge in [-0.2, -0.15) is 0 Å². The van der Waals surface area contributed by atoms with Crippen molar-refractivity contribution in [2.24, 2.45) is 0 Å². The van der Waals surface area contributed by atoms with Gasteiger partial charge in [0.1, 0.15) is 6.54 Å². The highest BCUT2D eigenvalue weighted by Gasteiger charge is 2.20. The molecule has 1 saturated heterocycles. The Hall–Kier alpha value is -1.65. The van der Waals surface area contributed by atoms with E-state index >= 15 is 0 Å². The van der Waals surface area contributed by atoms with Crippen LogP contribution in [0.5, 0.6) is 0 Å². The van der Waals surface area contributed by atoms with Gasteiger partial charge in [-0.25, -0.2) is 0 Å². The molecule has 2 aromatic carbocycles. The molecule has 2 aromatic rings. The molecule has 3 rings (SSSR count). The van der Waals surface area contributed by atoms with Crippen molar-refractivity contribution in [2.45, 2.75) is 13.5 Å². The van der Waals surface area contributed by atoms with Crippen LogP contribution in [0.1, 0.15) is 22.8 Å². The zero-order valence-electron chi connectivity index (χ0n) is 13.4. The molecule has 0 aromatic heterocycles. The van der Waals surface area contributed by atoms with Gasteiger partial charge in [-0.05, 0) is 43.3 Å². The smallest absolute Gasteiger partial charge is 0.159 e. The first kappa shape index (κ1) is 16.2. The summed E-state index contributed by atoms with van der Waals surface area (Å²) in [7, 11) is 0. The number of carbonyl (C=O) groups is 1. The van der Waals surface area contributed by atoms with Crippen LogP contribution in [0.2, 0.25) is 0 Å². The lowest BCUT2D eigenvalue weighted by Gasteiger charge is -2.33. The van der Waals surface area contributed by atoms with Crippen LogP contribution in [0, 0.1) is 0 Å². The molecule has 0 radical (unpaired) electrons. The fourth-order valence-corrected chi connectivity index (χ4v) is 3.55. The lowest BCUT2D eigenvalue weighted by atomic mass is 10.1. The quantitative estimate of drug-likeness (QED) is 0.833. The Morgan fingerprint density at radius 1 is 1.13 bits per heavy atom. The third-order valence-corrected chi connectivity index (χ3v) is 4.95. The second-order valence-corrected chi connectivity index (χ2v) is 7.06. The molecule has 0 aliphatic carbocycles. The van der Waals surface area contributed by atoms with Crippen molar-refractivity contribution >= 4 is 27.4 Å². The Morgan fingerprint density at radius 3 is 2.43 bits per heavy atom. The molecule has 0 atom stereocenters. The summed E-state index contributed by atoms with van der Waals surface area (Å²) < 4.78 is 1.15. The number of benzene rings is 2. The maximum Gasteiger partial charge on any atom is 0.159 e. The molecule has 0 saturated carbocycles. The monoisotopic (exact) mass is 373 g/mol. The number of anilines is 1. The molecule has 120 valence electrons. The number of quaternary nitrogens is 1. The van der Waals surface area contributed by atoms with Gasteiger partial charge in [-0.15, -0.1) is 0 Å². The van der Waals surface area contributed by atoms with Crippen LogP contribution in [0.15, 0.2) is 53.0 Å². The summed E-state index contributed by atoms with van der Waals surface area (Å²) in [5, 5.41) is 0. The molecule has 0 amide bonds. The second-order valence-electron chi connectivity index (χ2n) is 6.15. The molecular weight excluding hydrogens is 352 g/mol. The summed E-state index contributed by atoms with van der Waals surface area (Å²) in [5.41, 5.74) is 3.39. The number of ketones is 1. The Kier molecular flexibility index (Phi) is 5.13. The summed E-state index contributed by atoms with van der Waals surface area (Å²) in [6.45, 7) is 7.09. The number of halogens is 1. The maximum atomic E-state index is 11.4. The van der Waals surface area contributed by atoms with Gasteiger partial charge in [0.15, 0.2) is 5.78 Å². The third-order valence-electron chi connectivity index (χ3n) is 4.45. The third kappa shape index (κ3) is 4.21. The summed E-state index contributed by atoms with van der Waals surface area (Å²) in [6.07, 6.45) is 0. The Balaban J connectivity index is 1.56. The Bertz CT molecular complexity index is 676. The summed E-state index contributed by atoms with van der Waals surface area (Å²) in [6, 6.07) is 16.6. The van der Waals surface area contributed by atoms with Gasteiger partial charge < -0.3 is 9.80 Å². The van der Waals surface area contributed by atoms with Gasteiger partial charge in [-0.3, -0.25) is 4.79 Å². The Labute approximate surface area is 146 Å². The number of piperazine rings is 1. The molecule has 0 spiro atoms. The first-order valence-corrected chi connectivity index (χ1v) is 8.85. The van der Waals surface area contributed by atoms with E-state index in [9.17, 15) is 4.79 Å². The van der Waals surface area contributed by atoms with Crippen molar-refractivity contribution in [1.29, 1.82) is 0 Å². The number of nitrogens with zero attached hydrogens (tertiary/aromatic N) is 1. The van der Waals surface area contributed by atoms with Gasteiger partial charge >= 0.3 is 0 Å². The first-order chi connectivity index (χ1) is 11.1. The van der Waals surface area contributed by atoms with E-state index < -0.39 is 0 Å². The van der Waals surface area contributed by atoms with Crippen LogP contribution in [-0.4, -0.2) is 32.0 Å². The van der Waals surface area contributed by atoms with Crippen molar-refractivity contribution in [3.8, 4) is 0 Å². The minimum atomic E-state index is 0.125. The van der Waals surface area contributed by atoms with E-state index in [1.165, 1.54) is 11.3 Å². The second kappa shape index (κ2) is 7.28. The molecule has 1 fully saturated rings. The van der Waals surface area contributed by atoms with E-state index in [-0.39, 0.29) is 5.78 Å². The standard InChI is InChI=1S/C19H21BrN2O/c1-15(23)17-5-7-19(8-6-17)22-11-9-21(10-12-22)14-16-3-2-4-18(20)13-16/h2-8,13H,9-12,14H2,1H3/p+1. The average molecular weight is 374 g/mol. The summed E-state index contributed by atoms with van der Waals surface area (Å²) >= 11 is 3.54. The number of Topliss-reactive ketones (excluding diaryl/α,β-unsaturated/α-hetero) is 1. The van der Waals surface area contributed by atoms with E-state index in [2.05, 4.69) is 57.2 Å². The van der Waals surface area contributed by atoms with Crippen molar-refractivity contribution in [1.82, 2.24) is 0 Å². The van der Waals surface area contributed by atoms with Gasteiger partial charge in [0, 0.05) is 21.3 Å². The molecule has 1 N–H and O–H groups in total. The molecule has 1 aliphatic heterocycles.